The van der Waals surface area contributed by atoms with E-state index < -0.39 is 0 Å². The summed E-state index contributed by atoms with van der Waals surface area (Å²) >= 11 is 0. The zero-order valence-corrected chi connectivity index (χ0v) is 14.7. The second-order valence-electron chi connectivity index (χ2n) is 7.33. The predicted octanol–water partition coefficient (Wildman–Crippen LogP) is 2.15. The lowest BCUT2D eigenvalue weighted by Gasteiger charge is -2.42. The Bertz CT molecular complexity index is 541. The standard InChI is InChI=1S/C18H30N4O/c1-4-6-17-13(2)7-5-8-22(17)18(23)16-11-19-10-15(16)14-9-20-21(3)12-14/h9,12-13,15-17,19H,4-8,10-11H2,1-3H3/t13?,15-,16+,17?/m1/s1. The van der Waals surface area contributed by atoms with Crippen molar-refractivity contribution in [3.05, 3.63) is 18.0 Å². The first kappa shape index (κ1) is 16.5. The number of carbonyl (C=O) groups excluding carboxylic acids is 1. The molecule has 1 N–H and O–H groups in total. The van der Waals surface area contributed by atoms with E-state index in [1.54, 1.807) is 0 Å². The lowest BCUT2D eigenvalue weighted by Crippen LogP contribution is -2.50. The number of piperidine rings is 1. The van der Waals surface area contributed by atoms with Gasteiger partial charge in [-0.3, -0.25) is 9.48 Å². The molecule has 0 bridgehead atoms. The molecule has 3 heterocycles. The van der Waals surface area contributed by atoms with Crippen LogP contribution in [-0.4, -0.2) is 46.3 Å². The van der Waals surface area contributed by atoms with Gasteiger partial charge in [0.05, 0.1) is 12.1 Å². The van der Waals surface area contributed by atoms with Gasteiger partial charge in [0.1, 0.15) is 0 Å². The van der Waals surface area contributed by atoms with Crippen LogP contribution in [0.2, 0.25) is 0 Å². The molecule has 5 nitrogen and oxygen atoms in total. The maximum Gasteiger partial charge on any atom is 0.227 e. The summed E-state index contributed by atoms with van der Waals surface area (Å²) in [7, 11) is 1.94. The SMILES string of the molecule is CCCC1C(C)CCCN1C(=O)[C@H]1CNC[C@@H]1c1cnn(C)c1. The van der Waals surface area contributed by atoms with Gasteiger partial charge in [-0.25, -0.2) is 0 Å². The summed E-state index contributed by atoms with van der Waals surface area (Å²) in [5.41, 5.74) is 1.19. The number of rotatable bonds is 4. The smallest absolute Gasteiger partial charge is 0.227 e. The predicted molar refractivity (Wildman–Crippen MR) is 91.1 cm³/mol. The second-order valence-corrected chi connectivity index (χ2v) is 7.33. The first-order valence-electron chi connectivity index (χ1n) is 9.11. The van der Waals surface area contributed by atoms with Crippen molar-refractivity contribution in [3.63, 3.8) is 0 Å². The number of aryl methyl sites for hydroxylation is 1. The molecule has 0 radical (unpaired) electrons. The Hall–Kier alpha value is -1.36. The molecule has 0 aromatic carbocycles. The van der Waals surface area contributed by atoms with Crippen molar-refractivity contribution < 1.29 is 4.79 Å². The minimum Gasteiger partial charge on any atom is -0.339 e. The quantitative estimate of drug-likeness (QED) is 0.925. The minimum absolute atomic E-state index is 0.0591. The summed E-state index contributed by atoms with van der Waals surface area (Å²) in [5.74, 6) is 1.30. The first-order chi connectivity index (χ1) is 11.1. The number of nitrogens with one attached hydrogen (secondary N) is 1. The Morgan fingerprint density at radius 2 is 2.26 bits per heavy atom. The lowest BCUT2D eigenvalue weighted by molar-refractivity contribution is -0.140. The molecule has 5 heteroatoms. The summed E-state index contributed by atoms with van der Waals surface area (Å²) in [6, 6.07) is 0.427. The molecule has 128 valence electrons. The Labute approximate surface area is 139 Å². The molecule has 4 atom stereocenters. The third-order valence-corrected chi connectivity index (χ3v) is 5.67. The highest BCUT2D eigenvalue weighted by Gasteiger charge is 2.40. The molecule has 1 amide bonds. The van der Waals surface area contributed by atoms with Crippen molar-refractivity contribution >= 4 is 5.91 Å². The molecular formula is C18H30N4O. The largest absolute Gasteiger partial charge is 0.339 e. The van der Waals surface area contributed by atoms with Gasteiger partial charge in [-0.2, -0.15) is 5.10 Å². The molecule has 1 aromatic heterocycles. The Balaban J connectivity index is 1.77. The average Bonchev–Trinajstić information content (AvgIpc) is 3.17. The van der Waals surface area contributed by atoms with E-state index in [1.807, 2.05) is 17.9 Å². The average molecular weight is 318 g/mol. The fourth-order valence-corrected chi connectivity index (χ4v) is 4.39. The summed E-state index contributed by atoms with van der Waals surface area (Å²) in [4.78, 5) is 15.5. The molecule has 3 rings (SSSR count). The molecule has 2 aliphatic heterocycles. The highest BCUT2D eigenvalue weighted by molar-refractivity contribution is 5.81. The normalized spacial score (nSPS) is 31.5. The molecule has 0 spiro atoms. The zero-order chi connectivity index (χ0) is 16.4. The van der Waals surface area contributed by atoms with Gasteiger partial charge in [0.2, 0.25) is 5.91 Å². The Kier molecular flexibility index (Phi) is 5.05. The summed E-state index contributed by atoms with van der Waals surface area (Å²) < 4.78 is 1.83. The van der Waals surface area contributed by atoms with Gasteiger partial charge < -0.3 is 10.2 Å². The van der Waals surface area contributed by atoms with Gasteiger partial charge in [0.15, 0.2) is 0 Å². The minimum atomic E-state index is 0.0591. The van der Waals surface area contributed by atoms with Crippen LogP contribution in [0.3, 0.4) is 0 Å². The van der Waals surface area contributed by atoms with E-state index in [2.05, 4.69) is 35.4 Å². The number of carbonyl (C=O) groups is 1. The number of amides is 1. The van der Waals surface area contributed by atoms with Crippen molar-refractivity contribution in [2.45, 2.75) is 51.5 Å². The number of likely N-dealkylation sites (tertiary alicyclic amines) is 1. The number of hydrogen-bond acceptors (Lipinski definition) is 3. The Morgan fingerprint density at radius 1 is 1.43 bits per heavy atom. The molecule has 2 saturated heterocycles. The molecule has 2 unspecified atom stereocenters. The van der Waals surface area contributed by atoms with Gasteiger partial charge in [0, 0.05) is 44.8 Å². The zero-order valence-electron chi connectivity index (χ0n) is 14.7. The van der Waals surface area contributed by atoms with Crippen molar-refractivity contribution in [1.82, 2.24) is 20.0 Å². The third kappa shape index (κ3) is 3.30. The maximum absolute atomic E-state index is 13.3. The second kappa shape index (κ2) is 7.04. The summed E-state index contributed by atoms with van der Waals surface area (Å²) in [6.07, 6.45) is 8.65. The van der Waals surface area contributed by atoms with Crippen LogP contribution in [0.4, 0.5) is 0 Å². The van der Waals surface area contributed by atoms with Gasteiger partial charge in [-0.05, 0) is 30.7 Å². The van der Waals surface area contributed by atoms with Gasteiger partial charge in [-0.15, -0.1) is 0 Å². The van der Waals surface area contributed by atoms with Crippen molar-refractivity contribution in [2.24, 2.45) is 18.9 Å². The van der Waals surface area contributed by atoms with Crippen LogP contribution < -0.4 is 5.32 Å². The van der Waals surface area contributed by atoms with Crippen LogP contribution in [0.15, 0.2) is 12.4 Å². The first-order valence-corrected chi connectivity index (χ1v) is 9.11. The number of nitrogens with zero attached hydrogens (tertiary/aromatic N) is 3. The monoisotopic (exact) mass is 318 g/mol. The highest BCUT2D eigenvalue weighted by Crippen LogP contribution is 2.33. The van der Waals surface area contributed by atoms with E-state index in [0.717, 1.165) is 38.9 Å². The molecule has 2 aliphatic rings. The van der Waals surface area contributed by atoms with Gasteiger partial charge in [-0.1, -0.05) is 20.3 Å². The third-order valence-electron chi connectivity index (χ3n) is 5.67. The number of aromatic nitrogens is 2. The molecule has 0 saturated carbocycles. The van der Waals surface area contributed by atoms with E-state index in [9.17, 15) is 4.79 Å². The lowest BCUT2D eigenvalue weighted by atomic mass is 9.84. The molecule has 2 fully saturated rings. The van der Waals surface area contributed by atoms with Crippen molar-refractivity contribution in [2.75, 3.05) is 19.6 Å². The van der Waals surface area contributed by atoms with Crippen LogP contribution in [0.25, 0.3) is 0 Å². The summed E-state index contributed by atoms with van der Waals surface area (Å²) in [6.45, 7) is 7.14. The highest BCUT2D eigenvalue weighted by atomic mass is 16.2. The van der Waals surface area contributed by atoms with Crippen LogP contribution in [-0.2, 0) is 11.8 Å². The van der Waals surface area contributed by atoms with E-state index in [0.29, 0.717) is 17.9 Å². The fourth-order valence-electron chi connectivity index (χ4n) is 4.39. The number of hydrogen-bond donors (Lipinski definition) is 1. The van der Waals surface area contributed by atoms with Crippen molar-refractivity contribution in [3.8, 4) is 0 Å². The maximum atomic E-state index is 13.3. The van der Waals surface area contributed by atoms with Crippen LogP contribution in [0.1, 0.15) is 51.0 Å². The molecular weight excluding hydrogens is 288 g/mol. The topological polar surface area (TPSA) is 50.2 Å². The van der Waals surface area contributed by atoms with E-state index in [4.69, 9.17) is 0 Å². The van der Waals surface area contributed by atoms with Crippen LogP contribution in [0.5, 0.6) is 0 Å². The van der Waals surface area contributed by atoms with Crippen LogP contribution in [0, 0.1) is 11.8 Å². The molecule has 1 aromatic rings. The Morgan fingerprint density at radius 3 is 2.96 bits per heavy atom. The van der Waals surface area contributed by atoms with Crippen molar-refractivity contribution in [1.29, 1.82) is 0 Å². The molecule has 23 heavy (non-hydrogen) atoms. The van der Waals surface area contributed by atoms with E-state index in [-0.39, 0.29) is 11.8 Å². The van der Waals surface area contributed by atoms with Crippen LogP contribution >= 0.6 is 0 Å². The fraction of sp³-hybridized carbons (Fsp3) is 0.778. The van der Waals surface area contributed by atoms with E-state index in [1.165, 1.54) is 12.0 Å². The van der Waals surface area contributed by atoms with E-state index >= 15 is 0 Å². The van der Waals surface area contributed by atoms with Gasteiger partial charge in [0.25, 0.3) is 0 Å². The van der Waals surface area contributed by atoms with Gasteiger partial charge >= 0.3 is 0 Å². The molecule has 0 aliphatic carbocycles. The summed E-state index contributed by atoms with van der Waals surface area (Å²) in [5, 5.41) is 7.71.